The molecule has 2 aliphatic rings. The summed E-state index contributed by atoms with van der Waals surface area (Å²) in [6, 6.07) is 104. The van der Waals surface area contributed by atoms with Gasteiger partial charge in [-0.1, -0.05) is 218 Å². The van der Waals surface area contributed by atoms with Crippen molar-refractivity contribution in [1.82, 2.24) is 0 Å². The van der Waals surface area contributed by atoms with Gasteiger partial charge in [-0.25, -0.2) is 0 Å². The van der Waals surface area contributed by atoms with Crippen LogP contribution in [0.1, 0.15) is 44.5 Å². The molecule has 0 spiro atoms. The summed E-state index contributed by atoms with van der Waals surface area (Å²) in [6.07, 6.45) is 0. The van der Waals surface area contributed by atoms with Gasteiger partial charge < -0.3 is 4.90 Å². The lowest BCUT2D eigenvalue weighted by atomic mass is 9.67. The normalized spacial score (nSPS) is 13.5. The number of rotatable bonds is 9. The number of anilines is 3. The van der Waals surface area contributed by atoms with E-state index in [1.807, 2.05) is 0 Å². The molecule has 2 aliphatic carbocycles. The Hall–Kier alpha value is -8.82. The predicted molar refractivity (Wildman–Crippen MR) is 302 cm³/mol. The number of fused-ring (bicyclic) bond motifs is 7. The Morgan fingerprint density at radius 2 is 0.625 bits per heavy atom. The SMILES string of the molecule is c1ccc(C2(c3ccccc3)c3ccccc3-c3ccc(-c4ccc(N(c5ccc(-c6ccc7c(c6)C(c6ccccc6)(c6ccccc6)c6ccccc6-7)cc5)c5ccc6sccc6c5)cc4)cc32)cc1. The van der Waals surface area contributed by atoms with Crippen molar-refractivity contribution in [3.8, 4) is 44.5 Å². The lowest BCUT2D eigenvalue weighted by Gasteiger charge is -2.34. The molecule has 1 nitrogen and oxygen atoms in total. The molecule has 0 fully saturated rings. The van der Waals surface area contributed by atoms with E-state index in [1.54, 1.807) is 11.3 Å². The Labute approximate surface area is 425 Å². The van der Waals surface area contributed by atoms with Gasteiger partial charge in [0.05, 0.1) is 10.8 Å². The van der Waals surface area contributed by atoms with Crippen molar-refractivity contribution in [1.29, 1.82) is 0 Å². The number of thiophene rings is 1. The highest BCUT2D eigenvalue weighted by atomic mass is 32.1. The Balaban J connectivity index is 0.860. The molecule has 0 saturated heterocycles. The van der Waals surface area contributed by atoms with Crippen LogP contribution in [0.25, 0.3) is 54.6 Å². The highest BCUT2D eigenvalue weighted by Crippen LogP contribution is 2.58. The third-order valence-electron chi connectivity index (χ3n) is 15.5. The lowest BCUT2D eigenvalue weighted by molar-refractivity contribution is 0.769. The molecule has 0 bridgehead atoms. The molecule has 0 atom stereocenters. The summed E-state index contributed by atoms with van der Waals surface area (Å²) in [4.78, 5) is 2.40. The Bertz CT molecular complexity index is 3650. The summed E-state index contributed by atoms with van der Waals surface area (Å²) in [5.74, 6) is 0. The molecular formula is C70H47NS. The Morgan fingerprint density at radius 1 is 0.264 bits per heavy atom. The molecule has 14 rings (SSSR count). The number of hydrogen-bond donors (Lipinski definition) is 0. The quantitative estimate of drug-likeness (QED) is 0.139. The van der Waals surface area contributed by atoms with E-state index in [9.17, 15) is 0 Å². The van der Waals surface area contributed by atoms with Gasteiger partial charge in [-0.15, -0.1) is 11.3 Å². The van der Waals surface area contributed by atoms with Crippen LogP contribution in [0.4, 0.5) is 17.1 Å². The van der Waals surface area contributed by atoms with Crippen molar-refractivity contribution in [2.75, 3.05) is 4.90 Å². The van der Waals surface area contributed by atoms with Gasteiger partial charge in [-0.2, -0.15) is 0 Å². The molecule has 0 unspecified atom stereocenters. The van der Waals surface area contributed by atoms with Gasteiger partial charge >= 0.3 is 0 Å². The van der Waals surface area contributed by atoms with Gasteiger partial charge in [-0.3, -0.25) is 0 Å². The fraction of sp³-hybridized carbons (Fsp3) is 0.0286. The first-order valence-corrected chi connectivity index (χ1v) is 25.8. The van der Waals surface area contributed by atoms with Gasteiger partial charge in [-0.05, 0) is 160 Å². The summed E-state index contributed by atoms with van der Waals surface area (Å²) in [5.41, 5.74) is 22.7. The maximum atomic E-state index is 2.45. The standard InChI is InChI=1S/C70H47NS/c1-5-17-53(18-6-1)69(54-19-7-2-8-20-54)64-27-15-13-25-60(64)62-40-33-50(46-66(62)69)48-29-35-57(36-30-48)71(59-39-42-68-52(45-59)43-44-72-68)58-37-31-49(32-38-58)51-34-41-63-61-26-14-16-28-65(61)70(67(63)47-51,55-21-9-3-10-22-55)56-23-11-4-12-24-56/h1-47H. The third-order valence-corrected chi connectivity index (χ3v) is 16.4. The summed E-state index contributed by atoms with van der Waals surface area (Å²) in [6.45, 7) is 0. The topological polar surface area (TPSA) is 3.24 Å². The zero-order chi connectivity index (χ0) is 47.6. The predicted octanol–water partition coefficient (Wildman–Crippen LogP) is 18.4. The van der Waals surface area contributed by atoms with Crippen molar-refractivity contribution in [3.63, 3.8) is 0 Å². The smallest absolute Gasteiger partial charge is 0.0713 e. The highest BCUT2D eigenvalue weighted by molar-refractivity contribution is 7.17. The molecule has 0 aliphatic heterocycles. The van der Waals surface area contributed by atoms with Crippen LogP contribution < -0.4 is 4.90 Å². The van der Waals surface area contributed by atoms with E-state index in [1.165, 1.54) is 99.1 Å². The molecule has 0 saturated carbocycles. The molecule has 12 aromatic rings. The Kier molecular flexibility index (Phi) is 9.91. The first-order chi connectivity index (χ1) is 35.7. The van der Waals surface area contributed by atoms with Gasteiger partial charge in [0.25, 0.3) is 0 Å². The molecule has 338 valence electrons. The van der Waals surface area contributed by atoms with Crippen LogP contribution in [0.2, 0.25) is 0 Å². The lowest BCUT2D eigenvalue weighted by Crippen LogP contribution is -2.28. The molecule has 1 heterocycles. The number of benzene rings is 11. The second-order valence-corrected chi connectivity index (χ2v) is 20.1. The average Bonchev–Trinajstić information content (AvgIpc) is 4.15. The van der Waals surface area contributed by atoms with Crippen molar-refractivity contribution in [3.05, 3.63) is 329 Å². The van der Waals surface area contributed by atoms with Gasteiger partial charge in [0.2, 0.25) is 0 Å². The molecule has 0 amide bonds. The molecular weight excluding hydrogens is 887 g/mol. The minimum atomic E-state index is -0.453. The molecule has 1 aromatic heterocycles. The van der Waals surface area contributed by atoms with E-state index >= 15 is 0 Å². The second kappa shape index (κ2) is 16.9. The molecule has 11 aromatic carbocycles. The van der Waals surface area contributed by atoms with E-state index in [2.05, 4.69) is 289 Å². The molecule has 72 heavy (non-hydrogen) atoms. The summed E-state index contributed by atoms with van der Waals surface area (Å²) < 4.78 is 1.28. The summed E-state index contributed by atoms with van der Waals surface area (Å²) >= 11 is 1.78. The van der Waals surface area contributed by atoms with Crippen LogP contribution in [0.3, 0.4) is 0 Å². The zero-order valence-corrected chi connectivity index (χ0v) is 40.3. The first kappa shape index (κ1) is 42.1. The monoisotopic (exact) mass is 933 g/mol. The van der Waals surface area contributed by atoms with E-state index in [0.717, 1.165) is 17.1 Å². The van der Waals surface area contributed by atoms with Crippen molar-refractivity contribution in [2.45, 2.75) is 10.8 Å². The molecule has 0 N–H and O–H groups in total. The Morgan fingerprint density at radius 3 is 1.06 bits per heavy atom. The van der Waals surface area contributed by atoms with Crippen molar-refractivity contribution < 1.29 is 0 Å². The number of nitrogens with zero attached hydrogens (tertiary/aromatic N) is 1. The van der Waals surface area contributed by atoms with Crippen LogP contribution >= 0.6 is 11.3 Å². The fourth-order valence-electron chi connectivity index (χ4n) is 12.4. The first-order valence-electron chi connectivity index (χ1n) is 24.9. The van der Waals surface area contributed by atoms with E-state index in [0.29, 0.717) is 0 Å². The maximum absolute atomic E-state index is 2.45. The van der Waals surface area contributed by atoms with Gasteiger partial charge in [0, 0.05) is 21.8 Å². The number of hydrogen-bond acceptors (Lipinski definition) is 2. The summed E-state index contributed by atoms with van der Waals surface area (Å²) in [5, 5.41) is 3.43. The average molecular weight is 934 g/mol. The van der Waals surface area contributed by atoms with Gasteiger partial charge in [0.15, 0.2) is 0 Å². The summed E-state index contributed by atoms with van der Waals surface area (Å²) in [7, 11) is 0. The van der Waals surface area contributed by atoms with Crippen LogP contribution in [0, 0.1) is 0 Å². The minimum Gasteiger partial charge on any atom is -0.310 e. The van der Waals surface area contributed by atoms with E-state index in [-0.39, 0.29) is 0 Å². The van der Waals surface area contributed by atoms with Crippen LogP contribution in [-0.4, -0.2) is 0 Å². The fourth-order valence-corrected chi connectivity index (χ4v) is 13.2. The molecule has 2 heteroatoms. The molecule has 0 radical (unpaired) electrons. The van der Waals surface area contributed by atoms with E-state index in [4.69, 9.17) is 0 Å². The maximum Gasteiger partial charge on any atom is 0.0713 e. The van der Waals surface area contributed by atoms with Crippen LogP contribution in [0.15, 0.2) is 284 Å². The second-order valence-electron chi connectivity index (χ2n) is 19.1. The third kappa shape index (κ3) is 6.39. The largest absolute Gasteiger partial charge is 0.310 e. The minimum absolute atomic E-state index is 0.453. The van der Waals surface area contributed by atoms with Crippen molar-refractivity contribution in [2.24, 2.45) is 0 Å². The van der Waals surface area contributed by atoms with E-state index < -0.39 is 10.8 Å². The highest BCUT2D eigenvalue weighted by Gasteiger charge is 2.47. The van der Waals surface area contributed by atoms with Gasteiger partial charge in [0.1, 0.15) is 0 Å². The van der Waals surface area contributed by atoms with Crippen LogP contribution in [0.5, 0.6) is 0 Å². The zero-order valence-electron chi connectivity index (χ0n) is 39.5. The van der Waals surface area contributed by atoms with Crippen LogP contribution in [-0.2, 0) is 10.8 Å². The van der Waals surface area contributed by atoms with Crippen molar-refractivity contribution >= 4 is 38.5 Å².